The number of aryl methyl sites for hydroxylation is 1. The van der Waals surface area contributed by atoms with Crippen LogP contribution >= 0.6 is 0 Å². The Bertz CT molecular complexity index is 1100. The molecular formula is C23H32N4O5S. The lowest BCUT2D eigenvalue weighted by atomic mass is 10.1. The van der Waals surface area contributed by atoms with Crippen molar-refractivity contribution in [2.75, 3.05) is 38.0 Å². The summed E-state index contributed by atoms with van der Waals surface area (Å²) in [5.74, 6) is -0.484. The topological polar surface area (TPSA) is 112 Å². The second-order valence-corrected chi connectivity index (χ2v) is 10.7. The molecule has 0 atom stereocenters. The van der Waals surface area contributed by atoms with Gasteiger partial charge in [-0.15, -0.1) is 0 Å². The highest BCUT2D eigenvalue weighted by Crippen LogP contribution is 2.19. The van der Waals surface area contributed by atoms with Gasteiger partial charge < -0.3 is 14.6 Å². The van der Waals surface area contributed by atoms with Gasteiger partial charge in [0.2, 0.25) is 11.0 Å². The number of carbonyl (C=O) groups excluding carboxylic acids is 2. The van der Waals surface area contributed by atoms with Gasteiger partial charge in [0, 0.05) is 37.4 Å². The minimum absolute atomic E-state index is 0.0216. The van der Waals surface area contributed by atoms with Crippen LogP contribution in [0.3, 0.4) is 0 Å². The Balaban J connectivity index is 1.53. The SMILES string of the molecule is CCc1ccccc1NC(=O)CN1CCN(C(=O)c2ccc(S(=O)(=O)NC(C)(C)C)o2)CC1. The van der Waals surface area contributed by atoms with Crippen molar-refractivity contribution in [3.8, 4) is 0 Å². The summed E-state index contributed by atoms with van der Waals surface area (Å²) in [6.45, 7) is 9.35. The molecule has 2 heterocycles. The highest BCUT2D eigenvalue weighted by molar-refractivity contribution is 7.89. The zero-order valence-corrected chi connectivity index (χ0v) is 20.4. The van der Waals surface area contributed by atoms with Crippen LogP contribution in [-0.4, -0.2) is 68.3 Å². The molecule has 33 heavy (non-hydrogen) atoms. The maximum absolute atomic E-state index is 12.8. The minimum atomic E-state index is -3.85. The van der Waals surface area contributed by atoms with Crippen molar-refractivity contribution < 1.29 is 22.4 Å². The lowest BCUT2D eigenvalue weighted by Gasteiger charge is -2.33. The first-order valence-corrected chi connectivity index (χ1v) is 12.5. The van der Waals surface area contributed by atoms with E-state index in [-0.39, 0.29) is 29.2 Å². The first kappa shape index (κ1) is 24.9. The van der Waals surface area contributed by atoms with E-state index in [2.05, 4.69) is 10.0 Å². The minimum Gasteiger partial charge on any atom is -0.438 e. The first-order chi connectivity index (χ1) is 15.5. The third kappa shape index (κ3) is 6.66. The number of hydrogen-bond donors (Lipinski definition) is 2. The van der Waals surface area contributed by atoms with Gasteiger partial charge in [-0.05, 0) is 51.0 Å². The van der Waals surface area contributed by atoms with E-state index >= 15 is 0 Å². The molecule has 10 heteroatoms. The molecule has 2 N–H and O–H groups in total. The maximum atomic E-state index is 12.8. The molecule has 2 amide bonds. The molecule has 1 saturated heterocycles. The molecule has 0 bridgehead atoms. The van der Waals surface area contributed by atoms with Crippen molar-refractivity contribution in [2.45, 2.75) is 44.7 Å². The smallest absolute Gasteiger partial charge is 0.289 e. The van der Waals surface area contributed by atoms with Crippen LogP contribution in [-0.2, 0) is 21.2 Å². The predicted molar refractivity (Wildman–Crippen MR) is 126 cm³/mol. The number of piperazine rings is 1. The number of benzene rings is 1. The third-order valence-corrected chi connectivity index (χ3v) is 6.83. The number of hydrogen-bond acceptors (Lipinski definition) is 6. The van der Waals surface area contributed by atoms with E-state index in [4.69, 9.17) is 4.42 Å². The Labute approximate surface area is 195 Å². The Hall–Kier alpha value is -2.69. The van der Waals surface area contributed by atoms with Crippen LogP contribution in [0.1, 0.15) is 43.8 Å². The molecule has 1 aromatic carbocycles. The molecule has 2 aromatic rings. The third-order valence-electron chi connectivity index (χ3n) is 5.20. The highest BCUT2D eigenvalue weighted by Gasteiger charge is 2.29. The molecule has 1 aromatic heterocycles. The van der Waals surface area contributed by atoms with Crippen LogP contribution in [0, 0.1) is 0 Å². The molecule has 9 nitrogen and oxygen atoms in total. The lowest BCUT2D eigenvalue weighted by molar-refractivity contribution is -0.117. The highest BCUT2D eigenvalue weighted by atomic mass is 32.2. The summed E-state index contributed by atoms with van der Waals surface area (Å²) in [6, 6.07) is 10.4. The number of anilines is 1. The zero-order valence-electron chi connectivity index (χ0n) is 19.6. The van der Waals surface area contributed by atoms with Crippen LogP contribution in [0.25, 0.3) is 0 Å². The molecule has 1 fully saturated rings. The molecule has 1 aliphatic heterocycles. The average Bonchev–Trinajstić information content (AvgIpc) is 3.24. The molecule has 0 spiro atoms. The number of nitrogens with zero attached hydrogens (tertiary/aromatic N) is 2. The summed E-state index contributed by atoms with van der Waals surface area (Å²) in [7, 11) is -3.85. The van der Waals surface area contributed by atoms with E-state index in [1.165, 1.54) is 12.1 Å². The number of rotatable bonds is 7. The number of amides is 2. The summed E-state index contributed by atoms with van der Waals surface area (Å²) in [5, 5.41) is 2.67. The Kier molecular flexibility index (Phi) is 7.61. The normalized spacial score (nSPS) is 15.5. The summed E-state index contributed by atoms with van der Waals surface area (Å²) in [6.07, 6.45) is 0.833. The first-order valence-electron chi connectivity index (χ1n) is 11.0. The van der Waals surface area contributed by atoms with Gasteiger partial charge in [-0.3, -0.25) is 14.5 Å². The van der Waals surface area contributed by atoms with Crippen molar-refractivity contribution in [1.29, 1.82) is 0 Å². The maximum Gasteiger partial charge on any atom is 0.289 e. The summed E-state index contributed by atoms with van der Waals surface area (Å²) < 4.78 is 32.7. The standard InChI is InChI=1S/C23H32N4O5S/c1-5-17-8-6-7-9-18(17)24-20(28)16-26-12-14-27(15-13-26)22(29)19-10-11-21(32-19)33(30,31)25-23(2,3)4/h6-11,25H,5,12-16H2,1-4H3,(H,24,28). The summed E-state index contributed by atoms with van der Waals surface area (Å²) in [5.41, 5.74) is 1.24. The second kappa shape index (κ2) is 10.1. The van der Waals surface area contributed by atoms with Crippen molar-refractivity contribution in [2.24, 2.45) is 0 Å². The van der Waals surface area contributed by atoms with Crippen molar-refractivity contribution in [3.05, 3.63) is 47.7 Å². The molecule has 1 aliphatic rings. The molecule has 180 valence electrons. The predicted octanol–water partition coefficient (Wildman–Crippen LogP) is 2.32. The zero-order chi connectivity index (χ0) is 24.2. The van der Waals surface area contributed by atoms with E-state index in [1.807, 2.05) is 36.1 Å². The summed E-state index contributed by atoms with van der Waals surface area (Å²) >= 11 is 0. The van der Waals surface area contributed by atoms with Gasteiger partial charge in [0.1, 0.15) is 0 Å². The fraction of sp³-hybridized carbons (Fsp3) is 0.478. The number of sulfonamides is 1. The lowest BCUT2D eigenvalue weighted by Crippen LogP contribution is -2.50. The van der Waals surface area contributed by atoms with Gasteiger partial charge >= 0.3 is 0 Å². The number of nitrogens with one attached hydrogen (secondary N) is 2. The molecule has 0 radical (unpaired) electrons. The molecular weight excluding hydrogens is 444 g/mol. The van der Waals surface area contributed by atoms with Crippen molar-refractivity contribution >= 4 is 27.5 Å². The van der Waals surface area contributed by atoms with E-state index < -0.39 is 15.6 Å². The van der Waals surface area contributed by atoms with Crippen LogP contribution in [0.4, 0.5) is 5.69 Å². The van der Waals surface area contributed by atoms with Gasteiger partial charge in [0.05, 0.1) is 6.54 Å². The Morgan fingerprint density at radius 3 is 2.33 bits per heavy atom. The quantitative estimate of drug-likeness (QED) is 0.634. The second-order valence-electron chi connectivity index (χ2n) is 9.10. The van der Waals surface area contributed by atoms with E-state index in [0.717, 1.165) is 17.7 Å². The van der Waals surface area contributed by atoms with Crippen molar-refractivity contribution in [3.63, 3.8) is 0 Å². The largest absolute Gasteiger partial charge is 0.438 e. The van der Waals surface area contributed by atoms with E-state index in [0.29, 0.717) is 26.2 Å². The van der Waals surface area contributed by atoms with Gasteiger partial charge in [-0.25, -0.2) is 13.1 Å². The number of para-hydroxylation sites is 1. The van der Waals surface area contributed by atoms with Crippen LogP contribution in [0.2, 0.25) is 0 Å². The van der Waals surface area contributed by atoms with Gasteiger partial charge in [-0.2, -0.15) is 0 Å². The fourth-order valence-corrected chi connectivity index (χ4v) is 4.99. The van der Waals surface area contributed by atoms with Gasteiger partial charge in [0.15, 0.2) is 5.76 Å². The van der Waals surface area contributed by atoms with Crippen LogP contribution < -0.4 is 10.0 Å². The number of furan rings is 1. The monoisotopic (exact) mass is 476 g/mol. The van der Waals surface area contributed by atoms with Gasteiger partial charge in [0.25, 0.3) is 15.9 Å². The average molecular weight is 477 g/mol. The number of carbonyl (C=O) groups is 2. The molecule has 0 unspecified atom stereocenters. The Morgan fingerprint density at radius 1 is 1.03 bits per heavy atom. The Morgan fingerprint density at radius 2 is 1.70 bits per heavy atom. The molecule has 0 saturated carbocycles. The van der Waals surface area contributed by atoms with Gasteiger partial charge in [-0.1, -0.05) is 25.1 Å². The van der Waals surface area contributed by atoms with Crippen LogP contribution in [0.15, 0.2) is 45.9 Å². The van der Waals surface area contributed by atoms with Crippen LogP contribution in [0.5, 0.6) is 0 Å². The van der Waals surface area contributed by atoms with E-state index in [9.17, 15) is 18.0 Å². The van der Waals surface area contributed by atoms with E-state index in [1.54, 1.807) is 25.7 Å². The van der Waals surface area contributed by atoms with Crippen molar-refractivity contribution in [1.82, 2.24) is 14.5 Å². The summed E-state index contributed by atoms with van der Waals surface area (Å²) in [4.78, 5) is 28.8. The molecule has 0 aliphatic carbocycles. The fourth-order valence-electron chi connectivity index (χ4n) is 3.64. The molecule has 3 rings (SSSR count).